The molecule has 0 spiro atoms. The minimum absolute atomic E-state index is 0.697. The van der Waals surface area contributed by atoms with Crippen LogP contribution in [0.4, 0.5) is 0 Å². The summed E-state index contributed by atoms with van der Waals surface area (Å²) in [6.07, 6.45) is 5.17. The van der Waals surface area contributed by atoms with Gasteiger partial charge in [0.2, 0.25) is 0 Å². The Bertz CT molecular complexity index is 730. The highest BCUT2D eigenvalue weighted by Crippen LogP contribution is 2.44. The highest BCUT2D eigenvalue weighted by atomic mass is 16.5. The summed E-state index contributed by atoms with van der Waals surface area (Å²) in [5, 5.41) is 0. The molecule has 2 aliphatic heterocycles. The van der Waals surface area contributed by atoms with Crippen molar-refractivity contribution in [1.29, 1.82) is 0 Å². The maximum absolute atomic E-state index is 5.45. The zero-order valence-electron chi connectivity index (χ0n) is 15.9. The van der Waals surface area contributed by atoms with Crippen molar-refractivity contribution < 1.29 is 9.47 Å². The van der Waals surface area contributed by atoms with E-state index in [4.69, 9.17) is 9.47 Å². The molecule has 1 saturated carbocycles. The van der Waals surface area contributed by atoms with Gasteiger partial charge in [-0.15, -0.1) is 0 Å². The molecule has 3 heteroatoms. The van der Waals surface area contributed by atoms with E-state index in [0.717, 1.165) is 30.4 Å². The lowest BCUT2D eigenvalue weighted by Crippen LogP contribution is -2.52. The first kappa shape index (κ1) is 17.4. The van der Waals surface area contributed by atoms with Crippen LogP contribution in [0.15, 0.2) is 48.5 Å². The van der Waals surface area contributed by atoms with E-state index in [-0.39, 0.29) is 0 Å². The average molecular weight is 351 g/mol. The predicted molar refractivity (Wildman–Crippen MR) is 105 cm³/mol. The lowest BCUT2D eigenvalue weighted by molar-refractivity contribution is 0.0309. The lowest BCUT2D eigenvalue weighted by atomic mass is 9.70. The fraction of sp³-hybridized carbons (Fsp3) is 0.478. The van der Waals surface area contributed by atoms with Crippen molar-refractivity contribution in [2.45, 2.75) is 37.6 Å². The van der Waals surface area contributed by atoms with Gasteiger partial charge >= 0.3 is 0 Å². The molecule has 0 N–H and O–H groups in total. The summed E-state index contributed by atoms with van der Waals surface area (Å²) in [5.41, 5.74) is 2.85. The van der Waals surface area contributed by atoms with Crippen molar-refractivity contribution in [2.75, 3.05) is 27.3 Å². The Kier molecular flexibility index (Phi) is 5.16. The first-order valence-corrected chi connectivity index (χ1v) is 9.78. The van der Waals surface area contributed by atoms with Gasteiger partial charge in [-0.2, -0.15) is 0 Å². The normalized spacial score (nSPS) is 25.2. The third-order valence-electron chi connectivity index (χ3n) is 6.25. The molecular weight excluding hydrogens is 322 g/mol. The van der Waals surface area contributed by atoms with E-state index in [0.29, 0.717) is 12.0 Å². The first-order chi connectivity index (χ1) is 12.8. The van der Waals surface area contributed by atoms with Crippen LogP contribution in [0.3, 0.4) is 0 Å². The largest absolute Gasteiger partial charge is 0.493 e. The van der Waals surface area contributed by atoms with Gasteiger partial charge in [0.1, 0.15) is 0 Å². The molecule has 3 aliphatic rings. The number of methoxy groups -OCH3 is 2. The smallest absolute Gasteiger partial charge is 0.160 e. The van der Waals surface area contributed by atoms with Gasteiger partial charge in [0.15, 0.2) is 11.5 Å². The number of benzene rings is 2. The number of hydrogen-bond acceptors (Lipinski definition) is 3. The van der Waals surface area contributed by atoms with E-state index < -0.39 is 0 Å². The number of ether oxygens (including phenoxy) is 2. The molecule has 2 bridgehead atoms. The predicted octanol–water partition coefficient (Wildman–Crippen LogP) is 4.51. The van der Waals surface area contributed by atoms with Crippen LogP contribution in [0.25, 0.3) is 0 Å². The minimum Gasteiger partial charge on any atom is -0.493 e. The molecule has 1 aliphatic carbocycles. The molecule has 3 fully saturated rings. The zero-order chi connectivity index (χ0) is 17.9. The quantitative estimate of drug-likeness (QED) is 0.764. The van der Waals surface area contributed by atoms with Crippen LogP contribution < -0.4 is 9.47 Å². The molecule has 3 nitrogen and oxygen atoms in total. The van der Waals surface area contributed by atoms with Crippen molar-refractivity contribution in [3.8, 4) is 11.5 Å². The number of piperidine rings is 2. The second-order valence-electron chi connectivity index (χ2n) is 7.70. The monoisotopic (exact) mass is 351 g/mol. The third kappa shape index (κ3) is 3.45. The molecule has 0 radical (unpaired) electrons. The molecule has 3 unspecified atom stereocenters. The molecule has 0 amide bonds. The topological polar surface area (TPSA) is 21.7 Å². The summed E-state index contributed by atoms with van der Waals surface area (Å²) in [6, 6.07) is 18.1. The van der Waals surface area contributed by atoms with Gasteiger partial charge in [-0.25, -0.2) is 0 Å². The van der Waals surface area contributed by atoms with Crippen molar-refractivity contribution in [3.05, 3.63) is 59.7 Å². The molecule has 2 heterocycles. The molecule has 5 rings (SSSR count). The van der Waals surface area contributed by atoms with Gasteiger partial charge in [0.05, 0.1) is 14.2 Å². The van der Waals surface area contributed by atoms with Gasteiger partial charge in [-0.1, -0.05) is 36.4 Å². The number of fused-ring (bicyclic) bond motifs is 3. The summed E-state index contributed by atoms with van der Waals surface area (Å²) < 4.78 is 10.8. The summed E-state index contributed by atoms with van der Waals surface area (Å²) >= 11 is 0. The van der Waals surface area contributed by atoms with E-state index >= 15 is 0 Å². The second kappa shape index (κ2) is 7.71. The lowest BCUT2D eigenvalue weighted by Gasteiger charge is -2.50. The summed E-state index contributed by atoms with van der Waals surface area (Å²) in [7, 11) is 3.39. The molecule has 0 aromatic heterocycles. The zero-order valence-corrected chi connectivity index (χ0v) is 15.9. The SMILES string of the molecule is COc1ccc(CCN2CC3CCC2C(c2ccccc2)C3)cc1OC. The van der Waals surface area contributed by atoms with Crippen LogP contribution in [-0.2, 0) is 6.42 Å². The second-order valence-corrected chi connectivity index (χ2v) is 7.70. The summed E-state index contributed by atoms with van der Waals surface area (Å²) in [4.78, 5) is 2.74. The van der Waals surface area contributed by atoms with E-state index in [1.54, 1.807) is 14.2 Å². The molecule has 2 aromatic carbocycles. The van der Waals surface area contributed by atoms with Crippen molar-refractivity contribution >= 4 is 0 Å². The maximum Gasteiger partial charge on any atom is 0.160 e. The fourth-order valence-electron chi connectivity index (χ4n) is 4.94. The van der Waals surface area contributed by atoms with Crippen LogP contribution in [-0.4, -0.2) is 38.3 Å². The highest BCUT2D eigenvalue weighted by molar-refractivity contribution is 5.43. The maximum atomic E-state index is 5.45. The van der Waals surface area contributed by atoms with Gasteiger partial charge in [0, 0.05) is 19.1 Å². The Morgan fingerprint density at radius 1 is 0.962 bits per heavy atom. The Hall–Kier alpha value is -2.00. The first-order valence-electron chi connectivity index (χ1n) is 9.78. The summed E-state index contributed by atoms with van der Waals surface area (Å²) in [5.74, 6) is 3.19. The average Bonchev–Trinajstić information content (AvgIpc) is 2.73. The van der Waals surface area contributed by atoms with E-state index in [9.17, 15) is 0 Å². The van der Waals surface area contributed by atoms with Gasteiger partial charge in [-0.05, 0) is 60.8 Å². The number of rotatable bonds is 6. The molecule has 138 valence electrons. The fourth-order valence-corrected chi connectivity index (χ4v) is 4.94. The minimum atomic E-state index is 0.697. The van der Waals surface area contributed by atoms with Crippen molar-refractivity contribution in [1.82, 2.24) is 4.90 Å². The number of nitrogens with zero attached hydrogens (tertiary/aromatic N) is 1. The molecular formula is C23H29NO2. The number of hydrogen-bond donors (Lipinski definition) is 0. The van der Waals surface area contributed by atoms with Crippen LogP contribution in [0, 0.1) is 5.92 Å². The highest BCUT2D eigenvalue weighted by Gasteiger charge is 2.40. The van der Waals surface area contributed by atoms with Crippen LogP contribution >= 0.6 is 0 Å². The van der Waals surface area contributed by atoms with Crippen LogP contribution in [0.1, 0.15) is 36.3 Å². The van der Waals surface area contributed by atoms with Gasteiger partial charge in [0.25, 0.3) is 0 Å². The molecule has 26 heavy (non-hydrogen) atoms. The Labute approximate surface area is 156 Å². The van der Waals surface area contributed by atoms with Gasteiger partial charge < -0.3 is 9.47 Å². The summed E-state index contributed by atoms with van der Waals surface area (Å²) in [6.45, 7) is 2.39. The molecule has 3 atom stereocenters. The van der Waals surface area contributed by atoms with E-state index in [1.165, 1.54) is 36.9 Å². The van der Waals surface area contributed by atoms with Crippen LogP contribution in [0.2, 0.25) is 0 Å². The van der Waals surface area contributed by atoms with Crippen molar-refractivity contribution in [3.63, 3.8) is 0 Å². The Morgan fingerprint density at radius 2 is 1.77 bits per heavy atom. The van der Waals surface area contributed by atoms with E-state index in [2.05, 4.69) is 47.4 Å². The Morgan fingerprint density at radius 3 is 2.50 bits per heavy atom. The van der Waals surface area contributed by atoms with Gasteiger partial charge in [-0.3, -0.25) is 4.90 Å². The standard InChI is InChI=1S/C23H29NO2/c1-25-22-11-9-17(15-23(22)26-2)12-13-24-16-18-8-10-21(24)20(14-18)19-6-4-3-5-7-19/h3-7,9,11,15,18,20-21H,8,10,12-14,16H2,1-2H3. The van der Waals surface area contributed by atoms with Crippen molar-refractivity contribution in [2.24, 2.45) is 5.92 Å². The molecule has 2 saturated heterocycles. The van der Waals surface area contributed by atoms with E-state index in [1.807, 2.05) is 6.07 Å². The third-order valence-corrected chi connectivity index (χ3v) is 6.25. The Balaban J connectivity index is 1.45. The molecule has 2 aromatic rings. The van der Waals surface area contributed by atoms with Crippen LogP contribution in [0.5, 0.6) is 11.5 Å².